The molecule has 0 amide bonds. The van der Waals surface area contributed by atoms with Crippen LogP contribution in [-0.4, -0.2) is 16.6 Å². The van der Waals surface area contributed by atoms with Crippen LogP contribution in [0.25, 0.3) is 0 Å². The van der Waals surface area contributed by atoms with E-state index in [4.69, 9.17) is 12.2 Å². The van der Waals surface area contributed by atoms with E-state index in [0.717, 1.165) is 23.0 Å². The third-order valence-corrected chi connectivity index (χ3v) is 4.89. The van der Waals surface area contributed by atoms with Gasteiger partial charge < -0.3 is 5.32 Å². The van der Waals surface area contributed by atoms with Crippen LogP contribution in [0.15, 0.2) is 70.5 Å². The monoisotopic (exact) mass is 319 g/mol. The minimum absolute atomic E-state index is 0.848. The summed E-state index contributed by atoms with van der Waals surface area (Å²) in [5, 5.41) is 3.30. The number of hydrogen-bond donors (Lipinski definition) is 1. The zero-order chi connectivity index (χ0) is 14.0. The van der Waals surface area contributed by atoms with Gasteiger partial charge in [0.1, 0.15) is 4.32 Å². The van der Waals surface area contributed by atoms with Crippen LogP contribution in [-0.2, 0) is 0 Å². The quantitative estimate of drug-likeness (QED) is 0.464. The van der Waals surface area contributed by atoms with Crippen LogP contribution < -0.4 is 5.32 Å². The lowest BCUT2D eigenvalue weighted by molar-refractivity contribution is 0.863. The van der Waals surface area contributed by atoms with Crippen molar-refractivity contribution in [3.8, 4) is 0 Å². The highest BCUT2D eigenvalue weighted by Crippen LogP contribution is 2.19. The summed E-state index contributed by atoms with van der Waals surface area (Å²) in [5.74, 6) is 1.11. The molecule has 0 unspecified atom stereocenters. The molecule has 0 fully saturated rings. The average molecular weight is 320 g/mol. The van der Waals surface area contributed by atoms with Crippen LogP contribution in [0.1, 0.15) is 6.42 Å². The van der Waals surface area contributed by atoms with Crippen LogP contribution in [0, 0.1) is 0 Å². The molecule has 1 N–H and O–H groups in total. The van der Waals surface area contributed by atoms with Gasteiger partial charge in [-0.25, -0.2) is 0 Å². The molecule has 0 aliphatic heterocycles. The minimum Gasteiger partial charge on any atom is -0.371 e. The van der Waals surface area contributed by atoms with Crippen LogP contribution in [0.2, 0.25) is 0 Å². The van der Waals surface area contributed by atoms with Crippen LogP contribution in [0.5, 0.6) is 0 Å². The fourth-order valence-electron chi connectivity index (χ4n) is 1.60. The first kappa shape index (κ1) is 15.4. The SMILES string of the molecule is S=C(NCCCSc1ccccc1)Sc1ccccc1. The minimum atomic E-state index is 0.848. The first-order valence-corrected chi connectivity index (χ1v) is 8.74. The maximum absolute atomic E-state index is 5.32. The van der Waals surface area contributed by atoms with Gasteiger partial charge in [0.25, 0.3) is 0 Å². The largest absolute Gasteiger partial charge is 0.371 e. The Kier molecular flexibility index (Phi) is 6.98. The smallest absolute Gasteiger partial charge is 0.138 e. The molecule has 2 rings (SSSR count). The molecule has 0 saturated heterocycles. The zero-order valence-electron chi connectivity index (χ0n) is 11.1. The standard InChI is InChI=1S/C16H17NS3/c18-16(20-15-10-5-2-6-11-15)17-12-7-13-19-14-8-3-1-4-9-14/h1-6,8-11H,7,12-13H2,(H,17,18). The predicted molar refractivity (Wildman–Crippen MR) is 94.7 cm³/mol. The van der Waals surface area contributed by atoms with Crippen molar-refractivity contribution in [3.05, 3.63) is 60.7 Å². The Balaban J connectivity index is 1.58. The van der Waals surface area contributed by atoms with Gasteiger partial charge in [0, 0.05) is 16.3 Å². The lowest BCUT2D eigenvalue weighted by Crippen LogP contribution is -2.19. The lowest BCUT2D eigenvalue weighted by Gasteiger charge is -2.07. The van der Waals surface area contributed by atoms with Gasteiger partial charge in [0.05, 0.1) is 0 Å². The molecule has 0 bridgehead atoms. The first-order valence-electron chi connectivity index (χ1n) is 6.53. The van der Waals surface area contributed by atoms with Crippen molar-refractivity contribution in [1.82, 2.24) is 5.32 Å². The molecule has 0 spiro atoms. The van der Waals surface area contributed by atoms with Crippen molar-refractivity contribution >= 4 is 40.1 Å². The molecule has 0 aromatic heterocycles. The van der Waals surface area contributed by atoms with Crippen molar-refractivity contribution in [1.29, 1.82) is 0 Å². The summed E-state index contributed by atoms with van der Waals surface area (Å²) < 4.78 is 0.848. The van der Waals surface area contributed by atoms with E-state index in [1.54, 1.807) is 11.8 Å². The fraction of sp³-hybridized carbons (Fsp3) is 0.188. The van der Waals surface area contributed by atoms with E-state index in [-0.39, 0.29) is 0 Å². The van der Waals surface area contributed by atoms with E-state index in [2.05, 4.69) is 41.7 Å². The van der Waals surface area contributed by atoms with Gasteiger partial charge in [-0.3, -0.25) is 0 Å². The van der Waals surface area contributed by atoms with Crippen LogP contribution >= 0.6 is 35.7 Å². The third kappa shape index (κ3) is 5.99. The predicted octanol–water partition coefficient (Wildman–Crippen LogP) is 4.84. The molecule has 2 aromatic carbocycles. The highest BCUT2D eigenvalue weighted by atomic mass is 32.2. The van der Waals surface area contributed by atoms with Crippen molar-refractivity contribution in [2.24, 2.45) is 0 Å². The Morgan fingerprint density at radius 2 is 1.50 bits per heavy atom. The molecule has 4 heteroatoms. The molecular formula is C16H17NS3. The number of hydrogen-bond acceptors (Lipinski definition) is 3. The first-order chi connectivity index (χ1) is 9.84. The molecule has 0 saturated carbocycles. The molecule has 0 aliphatic carbocycles. The number of thioether (sulfide) groups is 2. The van der Waals surface area contributed by atoms with E-state index in [0.29, 0.717) is 0 Å². The maximum atomic E-state index is 5.32. The summed E-state index contributed by atoms with van der Waals surface area (Å²) in [5.41, 5.74) is 0. The summed E-state index contributed by atoms with van der Waals surface area (Å²) >= 11 is 8.82. The second-order valence-electron chi connectivity index (χ2n) is 4.14. The van der Waals surface area contributed by atoms with E-state index >= 15 is 0 Å². The molecular weight excluding hydrogens is 302 g/mol. The van der Waals surface area contributed by atoms with E-state index in [9.17, 15) is 0 Å². The number of thiocarbonyl (C=S) groups is 1. The van der Waals surface area contributed by atoms with Crippen molar-refractivity contribution < 1.29 is 0 Å². The zero-order valence-corrected chi connectivity index (χ0v) is 13.6. The molecule has 1 nitrogen and oxygen atoms in total. The Labute approximate surface area is 134 Å². The summed E-state index contributed by atoms with van der Waals surface area (Å²) in [6.07, 6.45) is 1.11. The van der Waals surface area contributed by atoms with E-state index < -0.39 is 0 Å². The normalized spacial score (nSPS) is 10.2. The molecule has 0 heterocycles. The molecule has 20 heavy (non-hydrogen) atoms. The Hall–Kier alpha value is -0.970. The van der Waals surface area contributed by atoms with Crippen molar-refractivity contribution in [2.45, 2.75) is 16.2 Å². The second-order valence-corrected chi connectivity index (χ2v) is 7.06. The van der Waals surface area contributed by atoms with Gasteiger partial charge >= 0.3 is 0 Å². The Bertz CT molecular complexity index is 514. The molecule has 0 atom stereocenters. The number of rotatable bonds is 6. The van der Waals surface area contributed by atoms with Gasteiger partial charge in [-0.05, 0) is 36.4 Å². The summed E-state index contributed by atoms with van der Waals surface area (Å²) in [4.78, 5) is 2.51. The van der Waals surface area contributed by atoms with Crippen molar-refractivity contribution in [2.75, 3.05) is 12.3 Å². The molecule has 0 aliphatic rings. The van der Waals surface area contributed by atoms with Gasteiger partial charge in [-0.2, -0.15) is 0 Å². The molecule has 2 aromatic rings. The Morgan fingerprint density at radius 3 is 2.15 bits per heavy atom. The summed E-state index contributed by atoms with van der Waals surface area (Å²) in [7, 11) is 0. The third-order valence-electron chi connectivity index (χ3n) is 2.56. The molecule has 0 radical (unpaired) electrons. The number of nitrogens with one attached hydrogen (secondary N) is 1. The topological polar surface area (TPSA) is 12.0 Å². The summed E-state index contributed by atoms with van der Waals surface area (Å²) in [6.45, 7) is 0.929. The van der Waals surface area contributed by atoms with Crippen LogP contribution in [0.4, 0.5) is 0 Å². The lowest BCUT2D eigenvalue weighted by atomic mass is 10.4. The fourth-order valence-corrected chi connectivity index (χ4v) is 3.55. The maximum Gasteiger partial charge on any atom is 0.138 e. The summed E-state index contributed by atoms with van der Waals surface area (Å²) in [6, 6.07) is 20.7. The molecule has 104 valence electrons. The van der Waals surface area contributed by atoms with Crippen molar-refractivity contribution in [3.63, 3.8) is 0 Å². The van der Waals surface area contributed by atoms with Gasteiger partial charge in [0.2, 0.25) is 0 Å². The van der Waals surface area contributed by atoms with Gasteiger partial charge in [0.15, 0.2) is 0 Å². The van der Waals surface area contributed by atoms with E-state index in [1.807, 2.05) is 36.0 Å². The van der Waals surface area contributed by atoms with Gasteiger partial charge in [-0.15, -0.1) is 11.8 Å². The van der Waals surface area contributed by atoms with Gasteiger partial charge in [-0.1, -0.05) is 60.4 Å². The highest BCUT2D eigenvalue weighted by molar-refractivity contribution is 8.23. The second kappa shape index (κ2) is 9.06. The average Bonchev–Trinajstić information content (AvgIpc) is 2.49. The van der Waals surface area contributed by atoms with E-state index in [1.165, 1.54) is 9.79 Å². The number of benzene rings is 2. The Morgan fingerprint density at radius 1 is 0.900 bits per heavy atom. The highest BCUT2D eigenvalue weighted by Gasteiger charge is 1.99. The van der Waals surface area contributed by atoms with Crippen LogP contribution in [0.3, 0.4) is 0 Å².